The summed E-state index contributed by atoms with van der Waals surface area (Å²) in [6.45, 7) is 7.99. The molecule has 0 radical (unpaired) electrons. The molecule has 170 valence electrons. The van der Waals surface area contributed by atoms with Crippen molar-refractivity contribution < 1.29 is 23.8 Å². The highest BCUT2D eigenvalue weighted by Crippen LogP contribution is 2.36. The number of hydrogen-bond acceptors (Lipinski definition) is 6. The number of nitrogens with zero attached hydrogens (tertiary/aromatic N) is 1. The Morgan fingerprint density at radius 2 is 1.97 bits per heavy atom. The lowest BCUT2D eigenvalue weighted by Crippen LogP contribution is -2.47. The maximum atomic E-state index is 13.3. The summed E-state index contributed by atoms with van der Waals surface area (Å²) in [5.74, 6) is 0.926. The minimum absolute atomic E-state index is 0.0796. The SMILES string of the molecule is C=CCOC(=O)Oc1cc(C)c(CC(N)C(=O)N2CCCc3cccc(OC)c32)c(C)c1. The number of carbonyl (C=O) groups is 2. The lowest BCUT2D eigenvalue weighted by Gasteiger charge is -2.32. The molecule has 1 aliphatic rings. The molecule has 7 heteroatoms. The van der Waals surface area contributed by atoms with Crippen molar-refractivity contribution in [3.05, 3.63) is 65.2 Å². The number of benzene rings is 2. The molecule has 0 bridgehead atoms. The molecule has 2 N–H and O–H groups in total. The predicted octanol–water partition coefficient (Wildman–Crippen LogP) is 3.86. The van der Waals surface area contributed by atoms with Crippen LogP contribution in [-0.2, 0) is 22.4 Å². The molecule has 32 heavy (non-hydrogen) atoms. The van der Waals surface area contributed by atoms with E-state index in [0.29, 0.717) is 24.5 Å². The van der Waals surface area contributed by atoms with Crippen LogP contribution >= 0.6 is 0 Å². The Balaban J connectivity index is 1.77. The number of fused-ring (bicyclic) bond motifs is 1. The quantitative estimate of drug-likeness (QED) is 0.401. The summed E-state index contributed by atoms with van der Waals surface area (Å²) in [5, 5.41) is 0. The zero-order chi connectivity index (χ0) is 23.3. The van der Waals surface area contributed by atoms with Gasteiger partial charge in [0.25, 0.3) is 0 Å². The second kappa shape index (κ2) is 10.3. The third-order valence-electron chi connectivity index (χ3n) is 5.60. The highest BCUT2D eigenvalue weighted by molar-refractivity contribution is 5.99. The lowest BCUT2D eigenvalue weighted by atomic mass is 9.94. The van der Waals surface area contributed by atoms with Gasteiger partial charge in [-0.05, 0) is 73.6 Å². The fourth-order valence-electron chi connectivity index (χ4n) is 4.10. The van der Waals surface area contributed by atoms with Gasteiger partial charge in [-0.3, -0.25) is 4.79 Å². The standard InChI is InChI=1S/C25H30N2O5/c1-5-12-31-25(29)32-19-13-16(2)20(17(3)14-19)15-21(26)24(28)27-11-7-9-18-8-6-10-22(30-4)23(18)27/h5-6,8,10,13-14,21H,1,7,9,11-12,15,26H2,2-4H3. The van der Waals surface area contributed by atoms with Crippen molar-refractivity contribution in [1.82, 2.24) is 0 Å². The third kappa shape index (κ3) is 5.11. The van der Waals surface area contributed by atoms with E-state index in [2.05, 4.69) is 6.58 Å². The van der Waals surface area contributed by atoms with Crippen LogP contribution in [0.25, 0.3) is 0 Å². The summed E-state index contributed by atoms with van der Waals surface area (Å²) in [6.07, 6.45) is 2.83. The van der Waals surface area contributed by atoms with Gasteiger partial charge in [0.15, 0.2) is 0 Å². The molecule has 1 atom stereocenters. The first kappa shape index (κ1) is 23.3. The molecule has 0 saturated carbocycles. The molecule has 0 saturated heterocycles. The normalized spacial score (nSPS) is 13.7. The van der Waals surface area contributed by atoms with Crippen LogP contribution < -0.4 is 20.1 Å². The number of rotatable bonds is 7. The summed E-state index contributed by atoms with van der Waals surface area (Å²) in [7, 11) is 1.61. The Hall–Kier alpha value is -3.32. The fourth-order valence-corrected chi connectivity index (χ4v) is 4.10. The zero-order valence-corrected chi connectivity index (χ0v) is 18.8. The number of anilines is 1. The molecule has 1 amide bonds. The van der Waals surface area contributed by atoms with Crippen LogP contribution in [0.2, 0.25) is 0 Å². The maximum Gasteiger partial charge on any atom is 0.514 e. The van der Waals surface area contributed by atoms with Crippen molar-refractivity contribution >= 4 is 17.7 Å². The van der Waals surface area contributed by atoms with E-state index in [-0.39, 0.29) is 12.5 Å². The number of nitrogens with two attached hydrogens (primary N) is 1. The minimum Gasteiger partial charge on any atom is -0.495 e. The Bertz CT molecular complexity index is 980. The van der Waals surface area contributed by atoms with Crippen LogP contribution in [0.1, 0.15) is 28.7 Å². The van der Waals surface area contributed by atoms with Crippen molar-refractivity contribution in [2.24, 2.45) is 5.73 Å². The third-order valence-corrected chi connectivity index (χ3v) is 5.60. The van der Waals surface area contributed by atoms with E-state index < -0.39 is 12.2 Å². The van der Waals surface area contributed by atoms with Gasteiger partial charge in [-0.1, -0.05) is 24.8 Å². The van der Waals surface area contributed by atoms with Gasteiger partial charge in [-0.2, -0.15) is 0 Å². The molecule has 2 aromatic carbocycles. The van der Waals surface area contributed by atoms with Gasteiger partial charge >= 0.3 is 6.16 Å². The number of amides is 1. The van der Waals surface area contributed by atoms with E-state index in [1.807, 2.05) is 32.0 Å². The van der Waals surface area contributed by atoms with E-state index in [1.54, 1.807) is 24.1 Å². The molecule has 1 unspecified atom stereocenters. The van der Waals surface area contributed by atoms with Crippen LogP contribution in [0.3, 0.4) is 0 Å². The van der Waals surface area contributed by atoms with Crippen molar-refractivity contribution in [3.8, 4) is 11.5 Å². The molecule has 1 aliphatic heterocycles. The van der Waals surface area contributed by atoms with Gasteiger partial charge in [0.1, 0.15) is 18.1 Å². The summed E-state index contributed by atoms with van der Waals surface area (Å²) in [5.41, 5.74) is 11.0. The summed E-state index contributed by atoms with van der Waals surface area (Å²) in [6, 6.07) is 8.60. The number of ether oxygens (including phenoxy) is 3. The average molecular weight is 439 g/mol. The first-order chi connectivity index (χ1) is 15.3. The van der Waals surface area contributed by atoms with Crippen LogP contribution in [0.4, 0.5) is 10.5 Å². The van der Waals surface area contributed by atoms with E-state index in [9.17, 15) is 9.59 Å². The molecule has 3 rings (SSSR count). The van der Waals surface area contributed by atoms with E-state index in [0.717, 1.165) is 40.8 Å². The van der Waals surface area contributed by atoms with Crippen molar-refractivity contribution in [3.63, 3.8) is 0 Å². The molecule has 0 aromatic heterocycles. The summed E-state index contributed by atoms with van der Waals surface area (Å²) < 4.78 is 15.6. The Labute approximate surface area is 188 Å². The predicted molar refractivity (Wildman–Crippen MR) is 123 cm³/mol. The molecule has 1 heterocycles. The number of aryl methyl sites for hydroxylation is 3. The number of para-hydroxylation sites is 1. The molecule has 2 aromatic rings. The van der Waals surface area contributed by atoms with E-state index >= 15 is 0 Å². The highest BCUT2D eigenvalue weighted by Gasteiger charge is 2.30. The number of hydrogen-bond donors (Lipinski definition) is 1. The smallest absolute Gasteiger partial charge is 0.495 e. The second-order valence-electron chi connectivity index (χ2n) is 7.86. The highest BCUT2D eigenvalue weighted by atomic mass is 16.7. The van der Waals surface area contributed by atoms with Crippen molar-refractivity contribution in [1.29, 1.82) is 0 Å². The molecular weight excluding hydrogens is 408 g/mol. The Morgan fingerprint density at radius 1 is 1.25 bits per heavy atom. The second-order valence-corrected chi connectivity index (χ2v) is 7.86. The van der Waals surface area contributed by atoms with Crippen LogP contribution in [0.15, 0.2) is 43.0 Å². The first-order valence-electron chi connectivity index (χ1n) is 10.6. The average Bonchev–Trinajstić information content (AvgIpc) is 2.78. The molecule has 0 fully saturated rings. The monoisotopic (exact) mass is 438 g/mol. The first-order valence-corrected chi connectivity index (χ1v) is 10.6. The van der Waals surface area contributed by atoms with Gasteiger partial charge in [-0.15, -0.1) is 0 Å². The molecule has 7 nitrogen and oxygen atoms in total. The van der Waals surface area contributed by atoms with E-state index in [4.69, 9.17) is 19.9 Å². The molecule has 0 spiro atoms. The van der Waals surface area contributed by atoms with Gasteiger partial charge < -0.3 is 24.8 Å². The lowest BCUT2D eigenvalue weighted by molar-refractivity contribution is -0.119. The van der Waals surface area contributed by atoms with Crippen LogP contribution in [0.5, 0.6) is 11.5 Å². The number of methoxy groups -OCH3 is 1. The maximum absolute atomic E-state index is 13.3. The van der Waals surface area contributed by atoms with Crippen LogP contribution in [-0.4, -0.2) is 38.4 Å². The fraction of sp³-hybridized carbons (Fsp3) is 0.360. The Kier molecular flexibility index (Phi) is 7.53. The number of carbonyl (C=O) groups excluding carboxylic acids is 2. The molecule has 0 aliphatic carbocycles. The zero-order valence-electron chi connectivity index (χ0n) is 18.8. The van der Waals surface area contributed by atoms with Gasteiger partial charge in [-0.25, -0.2) is 4.79 Å². The van der Waals surface area contributed by atoms with Crippen molar-refractivity contribution in [2.75, 3.05) is 25.2 Å². The van der Waals surface area contributed by atoms with Crippen LogP contribution in [0, 0.1) is 13.8 Å². The summed E-state index contributed by atoms with van der Waals surface area (Å²) >= 11 is 0. The Morgan fingerprint density at radius 3 is 2.62 bits per heavy atom. The van der Waals surface area contributed by atoms with E-state index in [1.165, 1.54) is 6.08 Å². The molecular formula is C25H30N2O5. The largest absolute Gasteiger partial charge is 0.514 e. The van der Waals surface area contributed by atoms with Crippen molar-refractivity contribution in [2.45, 2.75) is 39.2 Å². The topological polar surface area (TPSA) is 91.1 Å². The van der Waals surface area contributed by atoms with Gasteiger partial charge in [0, 0.05) is 6.54 Å². The van der Waals surface area contributed by atoms with Gasteiger partial charge in [0.2, 0.25) is 5.91 Å². The minimum atomic E-state index is -0.791. The van der Waals surface area contributed by atoms with Gasteiger partial charge in [0.05, 0.1) is 18.8 Å². The summed E-state index contributed by atoms with van der Waals surface area (Å²) in [4.78, 5) is 26.8.